The molecular weight excluding hydrogens is 214 g/mol. The number of hydrogen-bond donors (Lipinski definition) is 0. The summed E-state index contributed by atoms with van der Waals surface area (Å²) in [5.74, 6) is 0. The molecule has 1 aromatic carbocycles. The van der Waals surface area contributed by atoms with Crippen LogP contribution in [0.25, 0.3) is 0 Å². The van der Waals surface area contributed by atoms with E-state index >= 15 is 0 Å². The van der Waals surface area contributed by atoms with Gasteiger partial charge in [0.05, 0.1) is 21.1 Å². The zero-order valence-electron chi connectivity index (χ0n) is 7.84. The zero-order valence-corrected chi connectivity index (χ0v) is 9.43. The Morgan fingerprint density at radius 3 is 2.25 bits per heavy atom. The van der Waals surface area contributed by atoms with Gasteiger partial charge in [-0.2, -0.15) is 0 Å². The first-order chi connectivity index (χ1) is 5.49. The maximum absolute atomic E-state index is 3.54. The van der Waals surface area contributed by atoms with Crippen LogP contribution in [-0.2, 0) is 6.54 Å². The van der Waals surface area contributed by atoms with Crippen LogP contribution in [0.15, 0.2) is 28.7 Å². The highest BCUT2D eigenvalue weighted by atomic mass is 79.9. The van der Waals surface area contributed by atoms with Gasteiger partial charge in [-0.15, -0.1) is 0 Å². The highest BCUT2D eigenvalue weighted by Gasteiger charge is 2.09. The summed E-state index contributed by atoms with van der Waals surface area (Å²) in [6.07, 6.45) is 0. The molecule has 0 radical (unpaired) electrons. The fourth-order valence-electron chi connectivity index (χ4n) is 1.14. The predicted octanol–water partition coefficient (Wildman–Crippen LogP) is 2.66. The first-order valence-electron chi connectivity index (χ1n) is 4.03. The number of quaternary nitrogens is 1. The summed E-state index contributed by atoms with van der Waals surface area (Å²) in [5, 5.41) is 0. The monoisotopic (exact) mass is 228 g/mol. The quantitative estimate of drug-likeness (QED) is 0.684. The smallest absolute Gasteiger partial charge is 0.105 e. The third-order valence-electron chi connectivity index (χ3n) is 1.60. The minimum Gasteiger partial charge on any atom is -0.327 e. The van der Waals surface area contributed by atoms with Gasteiger partial charge < -0.3 is 4.48 Å². The van der Waals surface area contributed by atoms with Crippen LogP contribution in [0.1, 0.15) is 5.56 Å². The van der Waals surface area contributed by atoms with Crippen molar-refractivity contribution in [2.24, 2.45) is 0 Å². The Morgan fingerprint density at radius 1 is 1.17 bits per heavy atom. The minimum absolute atomic E-state index is 0.961. The van der Waals surface area contributed by atoms with Crippen molar-refractivity contribution in [1.29, 1.82) is 0 Å². The molecule has 0 aromatic heterocycles. The molecule has 0 bridgehead atoms. The topological polar surface area (TPSA) is 0 Å². The number of rotatable bonds is 2. The summed E-state index contributed by atoms with van der Waals surface area (Å²) in [6, 6.07) is 8.37. The second kappa shape index (κ2) is 3.58. The van der Waals surface area contributed by atoms with Crippen LogP contribution in [0.5, 0.6) is 0 Å². The lowest BCUT2D eigenvalue weighted by atomic mass is 10.2. The molecule has 0 aliphatic carbocycles. The number of benzene rings is 1. The van der Waals surface area contributed by atoms with Gasteiger partial charge in [-0.1, -0.05) is 34.1 Å². The summed E-state index contributed by atoms with van der Waals surface area (Å²) in [7, 11) is 6.58. The summed E-state index contributed by atoms with van der Waals surface area (Å²) < 4.78 is 2.17. The van der Waals surface area contributed by atoms with Gasteiger partial charge in [0.25, 0.3) is 0 Å². The van der Waals surface area contributed by atoms with Crippen LogP contribution in [0, 0.1) is 0 Å². The van der Waals surface area contributed by atoms with E-state index in [-0.39, 0.29) is 0 Å². The molecule has 0 fully saturated rings. The van der Waals surface area contributed by atoms with Crippen LogP contribution < -0.4 is 0 Å². The molecule has 0 heterocycles. The van der Waals surface area contributed by atoms with E-state index in [4.69, 9.17) is 0 Å². The Balaban J connectivity index is 2.83. The van der Waals surface area contributed by atoms with Crippen molar-refractivity contribution in [3.8, 4) is 0 Å². The van der Waals surface area contributed by atoms with E-state index in [2.05, 4.69) is 55.3 Å². The second-order valence-corrected chi connectivity index (χ2v) is 4.89. The molecule has 0 unspecified atom stereocenters. The summed E-state index contributed by atoms with van der Waals surface area (Å²) >= 11 is 3.54. The van der Waals surface area contributed by atoms with Gasteiger partial charge in [0.2, 0.25) is 0 Å². The molecule has 66 valence electrons. The molecule has 0 spiro atoms. The summed E-state index contributed by atoms with van der Waals surface area (Å²) in [5.41, 5.74) is 1.37. The highest BCUT2D eigenvalue weighted by molar-refractivity contribution is 9.10. The van der Waals surface area contributed by atoms with Crippen molar-refractivity contribution in [3.05, 3.63) is 34.3 Å². The highest BCUT2D eigenvalue weighted by Crippen LogP contribution is 2.18. The van der Waals surface area contributed by atoms with Crippen molar-refractivity contribution in [3.63, 3.8) is 0 Å². The normalized spacial score (nSPS) is 11.7. The average molecular weight is 229 g/mol. The van der Waals surface area contributed by atoms with Gasteiger partial charge in [0, 0.05) is 10.0 Å². The Kier molecular flexibility index (Phi) is 2.91. The number of nitrogens with zero attached hydrogens (tertiary/aromatic N) is 1. The molecule has 0 aliphatic rings. The first kappa shape index (κ1) is 9.75. The number of halogens is 1. The van der Waals surface area contributed by atoms with Crippen molar-refractivity contribution >= 4 is 15.9 Å². The molecule has 2 heteroatoms. The van der Waals surface area contributed by atoms with Crippen LogP contribution >= 0.6 is 15.9 Å². The van der Waals surface area contributed by atoms with E-state index in [9.17, 15) is 0 Å². The molecule has 0 atom stereocenters. The predicted molar refractivity (Wildman–Crippen MR) is 55.9 cm³/mol. The molecule has 0 amide bonds. The third-order valence-corrected chi connectivity index (χ3v) is 2.38. The van der Waals surface area contributed by atoms with E-state index in [0.717, 1.165) is 11.0 Å². The van der Waals surface area contributed by atoms with Crippen molar-refractivity contribution < 1.29 is 4.48 Å². The van der Waals surface area contributed by atoms with Crippen LogP contribution in [-0.4, -0.2) is 25.6 Å². The van der Waals surface area contributed by atoms with E-state index in [1.54, 1.807) is 0 Å². The van der Waals surface area contributed by atoms with E-state index < -0.39 is 0 Å². The molecule has 0 saturated heterocycles. The molecule has 1 rings (SSSR count). The third kappa shape index (κ3) is 2.95. The Morgan fingerprint density at radius 2 is 1.75 bits per heavy atom. The van der Waals surface area contributed by atoms with Gasteiger partial charge in [0.15, 0.2) is 0 Å². The van der Waals surface area contributed by atoms with E-state index in [1.807, 2.05) is 6.07 Å². The van der Waals surface area contributed by atoms with Crippen molar-refractivity contribution in [1.82, 2.24) is 0 Å². The molecule has 0 saturated carbocycles. The Bertz CT molecular complexity index is 263. The molecule has 1 aromatic rings. The molecule has 12 heavy (non-hydrogen) atoms. The minimum atomic E-state index is 0.961. The van der Waals surface area contributed by atoms with Crippen molar-refractivity contribution in [2.45, 2.75) is 6.54 Å². The van der Waals surface area contributed by atoms with Gasteiger partial charge >= 0.3 is 0 Å². The molecule has 0 aliphatic heterocycles. The molecular formula is C10H15BrN+. The van der Waals surface area contributed by atoms with E-state index in [0.29, 0.717) is 0 Å². The fourth-order valence-corrected chi connectivity index (χ4v) is 1.55. The summed E-state index contributed by atoms with van der Waals surface area (Å²) in [6.45, 7) is 1.06. The maximum atomic E-state index is 3.54. The first-order valence-corrected chi connectivity index (χ1v) is 4.82. The van der Waals surface area contributed by atoms with Gasteiger partial charge in [-0.05, 0) is 6.07 Å². The van der Waals surface area contributed by atoms with Crippen LogP contribution in [0.4, 0.5) is 0 Å². The van der Waals surface area contributed by atoms with Gasteiger partial charge in [-0.25, -0.2) is 0 Å². The Hall–Kier alpha value is -0.340. The lowest BCUT2D eigenvalue weighted by Crippen LogP contribution is -2.33. The largest absolute Gasteiger partial charge is 0.327 e. The lowest BCUT2D eigenvalue weighted by Gasteiger charge is -2.24. The lowest BCUT2D eigenvalue weighted by molar-refractivity contribution is -0.884. The number of hydrogen-bond acceptors (Lipinski definition) is 0. The fraction of sp³-hybridized carbons (Fsp3) is 0.400. The average Bonchev–Trinajstić information content (AvgIpc) is 1.91. The van der Waals surface area contributed by atoms with Crippen LogP contribution in [0.3, 0.4) is 0 Å². The summed E-state index contributed by atoms with van der Waals surface area (Å²) in [4.78, 5) is 0. The maximum Gasteiger partial charge on any atom is 0.105 e. The molecule has 1 nitrogen and oxygen atoms in total. The van der Waals surface area contributed by atoms with E-state index in [1.165, 1.54) is 10.0 Å². The molecule has 0 N–H and O–H groups in total. The SMILES string of the molecule is C[N+](C)(C)Cc1ccccc1Br. The Labute approximate surface area is 82.7 Å². The van der Waals surface area contributed by atoms with Gasteiger partial charge in [0.1, 0.15) is 6.54 Å². The van der Waals surface area contributed by atoms with Gasteiger partial charge in [-0.3, -0.25) is 0 Å². The van der Waals surface area contributed by atoms with Crippen molar-refractivity contribution in [2.75, 3.05) is 21.1 Å². The van der Waals surface area contributed by atoms with Crippen LogP contribution in [0.2, 0.25) is 0 Å². The zero-order chi connectivity index (χ0) is 9.19. The second-order valence-electron chi connectivity index (χ2n) is 4.04. The standard InChI is InChI=1S/C10H15BrN/c1-12(2,3)8-9-6-4-5-7-10(9)11/h4-7H,8H2,1-3H3/q+1.